The van der Waals surface area contributed by atoms with Gasteiger partial charge in [-0.1, -0.05) is 42.3 Å². The van der Waals surface area contributed by atoms with Gasteiger partial charge in [0, 0.05) is 30.3 Å². The molecule has 0 spiro atoms. The van der Waals surface area contributed by atoms with Crippen LogP contribution in [0.4, 0.5) is 0 Å². The Morgan fingerprint density at radius 1 is 1.06 bits per heavy atom. The van der Waals surface area contributed by atoms with Crippen LogP contribution in [-0.4, -0.2) is 40.6 Å². The second kappa shape index (κ2) is 12.8. The van der Waals surface area contributed by atoms with Crippen molar-refractivity contribution in [3.05, 3.63) is 76.8 Å². The molecule has 3 rings (SSSR count). The van der Waals surface area contributed by atoms with Crippen molar-refractivity contribution in [3.8, 4) is 5.75 Å². The monoisotopic (exact) mass is 445 g/mol. The minimum Gasteiger partial charge on any atom is -0.489 e. The quantitative estimate of drug-likeness (QED) is 0.536. The van der Waals surface area contributed by atoms with Crippen molar-refractivity contribution in [1.29, 1.82) is 0 Å². The smallest absolute Gasteiger partial charge is 0.328 e. The van der Waals surface area contributed by atoms with Crippen LogP contribution in [0.2, 0.25) is 5.02 Å². The Kier molecular flexibility index (Phi) is 10.1. The fourth-order valence-electron chi connectivity index (χ4n) is 3.12. The molecule has 31 heavy (non-hydrogen) atoms. The maximum absolute atomic E-state index is 9.55. The molecule has 6 nitrogen and oxygen atoms in total. The molecule has 2 N–H and O–H groups in total. The molecule has 0 aromatic heterocycles. The average molecular weight is 446 g/mol. The molecule has 0 saturated heterocycles. The van der Waals surface area contributed by atoms with Crippen molar-refractivity contribution in [1.82, 2.24) is 4.90 Å². The summed E-state index contributed by atoms with van der Waals surface area (Å²) < 4.78 is 5.91. The number of hydrogen-bond donors (Lipinski definition) is 2. The van der Waals surface area contributed by atoms with Gasteiger partial charge in [0.25, 0.3) is 0 Å². The third kappa shape index (κ3) is 10.2. The number of carbonyl (C=O) groups is 2. The Morgan fingerprint density at radius 2 is 1.71 bits per heavy atom. The number of hydrogen-bond acceptors (Lipinski definition) is 4. The molecule has 0 atom stereocenters. The van der Waals surface area contributed by atoms with Gasteiger partial charge in [-0.05, 0) is 61.2 Å². The average Bonchev–Trinajstić information content (AvgIpc) is 2.70. The van der Waals surface area contributed by atoms with Crippen molar-refractivity contribution >= 4 is 23.5 Å². The molecular weight excluding hydrogens is 418 g/mol. The van der Waals surface area contributed by atoms with Crippen LogP contribution in [0.3, 0.4) is 0 Å². The first-order valence-corrected chi connectivity index (χ1v) is 10.5. The molecule has 1 saturated carbocycles. The molecule has 2 aromatic rings. The Bertz CT molecular complexity index is 862. The number of ether oxygens (including phenoxy) is 1. The van der Waals surface area contributed by atoms with Crippen molar-refractivity contribution in [2.45, 2.75) is 32.4 Å². The zero-order valence-corrected chi connectivity index (χ0v) is 18.3. The molecule has 1 fully saturated rings. The van der Waals surface area contributed by atoms with Gasteiger partial charge < -0.3 is 19.8 Å². The highest BCUT2D eigenvalue weighted by Gasteiger charge is 2.18. The number of benzene rings is 2. The summed E-state index contributed by atoms with van der Waals surface area (Å²) in [6.07, 6.45) is 5.32. The first-order valence-electron chi connectivity index (χ1n) is 10.1. The van der Waals surface area contributed by atoms with E-state index in [2.05, 4.69) is 30.1 Å². The van der Waals surface area contributed by atoms with Gasteiger partial charge in [-0.3, -0.25) is 0 Å². The Balaban J connectivity index is 0.000000366. The topological polar surface area (TPSA) is 87.1 Å². The van der Waals surface area contributed by atoms with E-state index in [1.54, 1.807) is 0 Å². The molecule has 0 bridgehead atoms. The molecule has 0 aliphatic heterocycles. The van der Waals surface area contributed by atoms with E-state index in [-0.39, 0.29) is 0 Å². The van der Waals surface area contributed by atoms with Gasteiger partial charge in [0.1, 0.15) is 12.4 Å². The summed E-state index contributed by atoms with van der Waals surface area (Å²) >= 11 is 5.90. The first-order chi connectivity index (χ1) is 14.8. The number of carboxylic acid groups (broad SMARTS) is 2. The summed E-state index contributed by atoms with van der Waals surface area (Å²) in [7, 11) is 2.21. The van der Waals surface area contributed by atoms with E-state index >= 15 is 0 Å². The van der Waals surface area contributed by atoms with Crippen molar-refractivity contribution in [3.63, 3.8) is 0 Å². The lowest BCUT2D eigenvalue weighted by Crippen LogP contribution is -2.29. The van der Waals surface area contributed by atoms with Gasteiger partial charge in [-0.15, -0.1) is 0 Å². The molecule has 2 aromatic carbocycles. The minimum atomic E-state index is -1.26. The predicted octanol–water partition coefficient (Wildman–Crippen LogP) is 4.86. The second-order valence-electron chi connectivity index (χ2n) is 7.57. The summed E-state index contributed by atoms with van der Waals surface area (Å²) in [4.78, 5) is 21.5. The predicted molar refractivity (Wildman–Crippen MR) is 120 cm³/mol. The van der Waals surface area contributed by atoms with Crippen LogP contribution in [0, 0.1) is 5.92 Å². The van der Waals surface area contributed by atoms with E-state index in [9.17, 15) is 9.59 Å². The summed E-state index contributed by atoms with van der Waals surface area (Å²) in [5, 5.41) is 16.4. The number of nitrogens with zero attached hydrogens (tertiary/aromatic N) is 1. The highest BCUT2D eigenvalue weighted by Crippen LogP contribution is 2.27. The van der Waals surface area contributed by atoms with Crippen molar-refractivity contribution in [2.75, 3.05) is 13.6 Å². The van der Waals surface area contributed by atoms with Crippen LogP contribution in [0.25, 0.3) is 0 Å². The third-order valence-electron chi connectivity index (χ3n) is 4.83. The maximum Gasteiger partial charge on any atom is 0.328 e. The second-order valence-corrected chi connectivity index (χ2v) is 8.00. The molecule has 1 aliphatic carbocycles. The Labute approximate surface area is 187 Å². The zero-order chi connectivity index (χ0) is 22.6. The summed E-state index contributed by atoms with van der Waals surface area (Å²) in [6.45, 7) is 2.75. The number of carboxylic acids is 2. The third-order valence-corrected chi connectivity index (χ3v) is 5.08. The van der Waals surface area contributed by atoms with E-state index in [4.69, 9.17) is 26.6 Å². The summed E-state index contributed by atoms with van der Waals surface area (Å²) in [5.74, 6) is -0.682. The summed E-state index contributed by atoms with van der Waals surface area (Å²) in [6, 6.07) is 16.2. The molecule has 0 heterocycles. The van der Waals surface area contributed by atoms with Gasteiger partial charge in [-0.2, -0.15) is 0 Å². The lowest BCUT2D eigenvalue weighted by atomic mass is 9.85. The molecule has 166 valence electrons. The van der Waals surface area contributed by atoms with Crippen LogP contribution < -0.4 is 4.74 Å². The van der Waals surface area contributed by atoms with Gasteiger partial charge >= 0.3 is 11.9 Å². The van der Waals surface area contributed by atoms with Crippen LogP contribution >= 0.6 is 11.6 Å². The largest absolute Gasteiger partial charge is 0.489 e. The van der Waals surface area contributed by atoms with E-state index in [0.717, 1.165) is 28.8 Å². The highest BCUT2D eigenvalue weighted by atomic mass is 35.5. The number of halogens is 1. The SMILES string of the molecule is CN(Cc1cccc(OCc2ccc(Cl)cc2)c1)CC1CCC1.O=C(O)/C=C\C(=O)O. The van der Waals surface area contributed by atoms with E-state index in [0.29, 0.717) is 18.8 Å². The molecule has 0 amide bonds. The van der Waals surface area contributed by atoms with Gasteiger partial charge in [0.05, 0.1) is 0 Å². The fourth-order valence-corrected chi connectivity index (χ4v) is 3.24. The molecule has 1 aliphatic rings. The lowest BCUT2D eigenvalue weighted by Gasteiger charge is -2.30. The van der Waals surface area contributed by atoms with Crippen LogP contribution in [0.5, 0.6) is 5.75 Å². The van der Waals surface area contributed by atoms with Gasteiger partial charge in [-0.25, -0.2) is 9.59 Å². The molecule has 0 radical (unpaired) electrons. The number of rotatable bonds is 9. The van der Waals surface area contributed by atoms with Crippen molar-refractivity contribution < 1.29 is 24.5 Å². The standard InChI is InChI=1S/C20H24ClNO.C4H4O4/c1-22(13-16-4-2-5-16)14-18-6-3-7-20(12-18)23-15-17-8-10-19(21)11-9-17;5-3(6)1-2-4(7)8/h3,6-12,16H,2,4-5,13-15H2,1H3;1-2H,(H,5,6)(H,7,8)/b;2-1-. The molecular formula is C24H28ClNO5. The van der Waals surface area contributed by atoms with E-state index in [1.807, 2.05) is 30.3 Å². The van der Waals surface area contributed by atoms with E-state index < -0.39 is 11.9 Å². The zero-order valence-electron chi connectivity index (χ0n) is 17.5. The lowest BCUT2D eigenvalue weighted by molar-refractivity contribution is -0.134. The van der Waals surface area contributed by atoms with Gasteiger partial charge in [0.2, 0.25) is 0 Å². The van der Waals surface area contributed by atoms with Gasteiger partial charge in [0.15, 0.2) is 0 Å². The molecule has 7 heteroatoms. The minimum absolute atomic E-state index is 0.558. The van der Waals surface area contributed by atoms with E-state index in [1.165, 1.54) is 31.4 Å². The first kappa shape index (κ1) is 24.4. The van der Waals surface area contributed by atoms with Crippen LogP contribution in [-0.2, 0) is 22.7 Å². The summed E-state index contributed by atoms with van der Waals surface area (Å²) in [5.41, 5.74) is 2.43. The van der Waals surface area contributed by atoms with Crippen LogP contribution in [0.15, 0.2) is 60.7 Å². The molecule has 0 unspecified atom stereocenters. The Hall–Kier alpha value is -2.83. The Morgan fingerprint density at radius 3 is 2.26 bits per heavy atom. The maximum atomic E-state index is 9.55. The number of aliphatic carboxylic acids is 2. The highest BCUT2D eigenvalue weighted by molar-refractivity contribution is 6.30. The fraction of sp³-hybridized carbons (Fsp3) is 0.333. The normalized spacial score (nSPS) is 13.4. The van der Waals surface area contributed by atoms with Crippen molar-refractivity contribution in [2.24, 2.45) is 5.92 Å². The van der Waals surface area contributed by atoms with Crippen LogP contribution in [0.1, 0.15) is 30.4 Å².